The van der Waals surface area contributed by atoms with E-state index < -0.39 is 17.6 Å². The second kappa shape index (κ2) is 6.04. The highest BCUT2D eigenvalue weighted by molar-refractivity contribution is 5.87. The topological polar surface area (TPSA) is 84.5 Å². The number of piperidine rings is 1. The molecular weight excluding hydrogens is 248 g/mol. The largest absolute Gasteiger partial charge is 0.458 e. The lowest BCUT2D eigenvalue weighted by Crippen LogP contribution is -2.48. The Hall–Kier alpha value is -1.59. The zero-order valence-corrected chi connectivity index (χ0v) is 11.9. The molecule has 1 unspecified atom stereocenters. The van der Waals surface area contributed by atoms with Crippen LogP contribution in [0.4, 0.5) is 0 Å². The molecule has 1 saturated heterocycles. The Kier molecular flexibility index (Phi) is 4.91. The summed E-state index contributed by atoms with van der Waals surface area (Å²) in [6, 6.07) is -0.690. The van der Waals surface area contributed by atoms with Gasteiger partial charge in [0.1, 0.15) is 11.6 Å². The monoisotopic (exact) mass is 270 g/mol. The molecule has 19 heavy (non-hydrogen) atoms. The normalized spacial score (nSPS) is 21.3. The van der Waals surface area contributed by atoms with Gasteiger partial charge in [0, 0.05) is 13.0 Å². The molecule has 2 amide bonds. The summed E-state index contributed by atoms with van der Waals surface area (Å²) in [5.41, 5.74) is -0.575. The molecular formula is C13H22N2O4. The minimum Gasteiger partial charge on any atom is -0.458 e. The van der Waals surface area contributed by atoms with Gasteiger partial charge in [-0.15, -0.1) is 0 Å². The second-order valence-corrected chi connectivity index (χ2v) is 5.80. The number of esters is 1. The van der Waals surface area contributed by atoms with Gasteiger partial charge in [0.15, 0.2) is 0 Å². The summed E-state index contributed by atoms with van der Waals surface area (Å²) in [6.07, 6.45) is 0.859. The second-order valence-electron chi connectivity index (χ2n) is 5.80. The minimum atomic E-state index is -0.690. The highest BCUT2D eigenvalue weighted by Crippen LogP contribution is 2.12. The number of carbonyl (C=O) groups excluding carboxylic acids is 3. The zero-order valence-electron chi connectivity index (χ0n) is 11.9. The maximum Gasteiger partial charge on any atom is 0.328 e. The lowest BCUT2D eigenvalue weighted by molar-refractivity contribution is -0.158. The lowest BCUT2D eigenvalue weighted by atomic mass is 9.98. The Bertz CT molecular complexity index is 363. The van der Waals surface area contributed by atoms with E-state index in [0.717, 1.165) is 0 Å². The van der Waals surface area contributed by atoms with E-state index in [-0.39, 0.29) is 17.7 Å². The third kappa shape index (κ3) is 5.28. The molecule has 2 N–H and O–H groups in total. The van der Waals surface area contributed by atoms with Crippen LogP contribution in [0.25, 0.3) is 0 Å². The molecule has 6 heteroatoms. The molecule has 1 aliphatic heterocycles. The molecule has 6 nitrogen and oxygen atoms in total. The van der Waals surface area contributed by atoms with Gasteiger partial charge in [0.05, 0.1) is 5.92 Å². The number of nitrogens with one attached hydrogen (secondary N) is 2. The molecule has 0 spiro atoms. The number of carbonyl (C=O) groups is 3. The smallest absolute Gasteiger partial charge is 0.328 e. The van der Waals surface area contributed by atoms with Crippen LogP contribution in [-0.4, -0.2) is 36.0 Å². The average molecular weight is 270 g/mol. The highest BCUT2D eigenvalue weighted by atomic mass is 16.6. The molecule has 0 saturated carbocycles. The van der Waals surface area contributed by atoms with E-state index in [0.29, 0.717) is 19.4 Å². The van der Waals surface area contributed by atoms with Crippen molar-refractivity contribution < 1.29 is 19.1 Å². The van der Waals surface area contributed by atoms with Crippen LogP contribution in [0.5, 0.6) is 0 Å². The summed E-state index contributed by atoms with van der Waals surface area (Å²) < 4.78 is 5.18. The van der Waals surface area contributed by atoms with Gasteiger partial charge in [0.25, 0.3) is 0 Å². The van der Waals surface area contributed by atoms with Crippen LogP contribution >= 0.6 is 0 Å². The number of amides is 2. The third-order valence-electron chi connectivity index (χ3n) is 2.76. The molecule has 0 aromatic carbocycles. The van der Waals surface area contributed by atoms with E-state index in [1.54, 1.807) is 27.7 Å². The molecule has 1 rings (SSSR count). The van der Waals surface area contributed by atoms with Crippen molar-refractivity contribution in [2.45, 2.75) is 52.2 Å². The predicted molar refractivity (Wildman–Crippen MR) is 69.2 cm³/mol. The predicted octanol–water partition coefficient (Wildman–Crippen LogP) is 0.359. The van der Waals surface area contributed by atoms with Crippen molar-refractivity contribution in [3.8, 4) is 0 Å². The Morgan fingerprint density at radius 2 is 2.05 bits per heavy atom. The first-order valence-corrected chi connectivity index (χ1v) is 6.49. The van der Waals surface area contributed by atoms with Gasteiger partial charge < -0.3 is 15.4 Å². The van der Waals surface area contributed by atoms with Crippen LogP contribution < -0.4 is 10.6 Å². The molecule has 2 atom stereocenters. The zero-order chi connectivity index (χ0) is 14.6. The van der Waals surface area contributed by atoms with Crippen LogP contribution in [0, 0.1) is 5.92 Å². The molecule has 0 aromatic rings. The van der Waals surface area contributed by atoms with E-state index in [4.69, 9.17) is 4.74 Å². The van der Waals surface area contributed by atoms with Gasteiger partial charge in [-0.05, 0) is 34.1 Å². The number of rotatable bonds is 3. The Morgan fingerprint density at radius 3 is 2.53 bits per heavy atom. The van der Waals surface area contributed by atoms with Crippen molar-refractivity contribution in [2.24, 2.45) is 5.92 Å². The Balaban J connectivity index is 2.43. The van der Waals surface area contributed by atoms with Crippen LogP contribution in [-0.2, 0) is 19.1 Å². The van der Waals surface area contributed by atoms with Gasteiger partial charge in [-0.25, -0.2) is 4.79 Å². The number of hydrogen-bond donors (Lipinski definition) is 2. The lowest BCUT2D eigenvalue weighted by Gasteiger charge is -2.25. The fourth-order valence-electron chi connectivity index (χ4n) is 1.74. The minimum absolute atomic E-state index is 0.0377. The summed E-state index contributed by atoms with van der Waals surface area (Å²) in [5, 5.41) is 5.26. The van der Waals surface area contributed by atoms with Crippen molar-refractivity contribution >= 4 is 17.8 Å². The van der Waals surface area contributed by atoms with Crippen molar-refractivity contribution in [2.75, 3.05) is 6.54 Å². The molecule has 1 heterocycles. The molecule has 0 aliphatic carbocycles. The van der Waals surface area contributed by atoms with Crippen LogP contribution in [0.1, 0.15) is 40.5 Å². The van der Waals surface area contributed by atoms with E-state index in [1.165, 1.54) is 0 Å². The third-order valence-corrected chi connectivity index (χ3v) is 2.76. The maximum atomic E-state index is 11.9. The quantitative estimate of drug-likeness (QED) is 0.725. The summed E-state index contributed by atoms with van der Waals surface area (Å²) in [5.74, 6) is -0.995. The van der Waals surface area contributed by atoms with E-state index in [1.807, 2.05) is 0 Å². The van der Waals surface area contributed by atoms with Gasteiger partial charge in [0.2, 0.25) is 11.8 Å². The van der Waals surface area contributed by atoms with Crippen molar-refractivity contribution in [1.29, 1.82) is 0 Å². The molecule has 0 bridgehead atoms. The average Bonchev–Trinajstić information content (AvgIpc) is 2.27. The number of hydrogen-bond acceptors (Lipinski definition) is 4. The fraction of sp³-hybridized carbons (Fsp3) is 0.769. The molecule has 1 fully saturated rings. The Morgan fingerprint density at radius 1 is 1.42 bits per heavy atom. The SMILES string of the molecule is C[C@H](NC(=O)C1CCC(=O)NC1)C(=O)OC(C)(C)C. The summed E-state index contributed by atoms with van der Waals surface area (Å²) in [7, 11) is 0. The maximum absolute atomic E-state index is 11.9. The van der Waals surface area contributed by atoms with Crippen LogP contribution in [0.15, 0.2) is 0 Å². The summed E-state index contributed by atoms with van der Waals surface area (Å²) >= 11 is 0. The van der Waals surface area contributed by atoms with E-state index >= 15 is 0 Å². The van der Waals surface area contributed by atoms with Gasteiger partial charge in [-0.2, -0.15) is 0 Å². The molecule has 0 aromatic heterocycles. The summed E-state index contributed by atoms with van der Waals surface area (Å²) in [4.78, 5) is 34.6. The molecule has 108 valence electrons. The first-order valence-electron chi connectivity index (χ1n) is 6.49. The van der Waals surface area contributed by atoms with E-state index in [9.17, 15) is 14.4 Å². The standard InChI is InChI=1S/C13H22N2O4/c1-8(12(18)19-13(2,3)4)15-11(17)9-5-6-10(16)14-7-9/h8-9H,5-7H2,1-4H3,(H,14,16)(H,15,17)/t8-,9?/m0/s1. The van der Waals surface area contributed by atoms with Crippen molar-refractivity contribution in [3.63, 3.8) is 0 Å². The fourth-order valence-corrected chi connectivity index (χ4v) is 1.74. The van der Waals surface area contributed by atoms with E-state index in [2.05, 4.69) is 10.6 Å². The first-order chi connectivity index (χ1) is 8.69. The number of ether oxygens (including phenoxy) is 1. The molecule has 0 radical (unpaired) electrons. The van der Waals surface area contributed by atoms with Crippen LogP contribution in [0.3, 0.4) is 0 Å². The van der Waals surface area contributed by atoms with Crippen molar-refractivity contribution in [3.05, 3.63) is 0 Å². The Labute approximate surface area is 113 Å². The highest BCUT2D eigenvalue weighted by Gasteiger charge is 2.28. The van der Waals surface area contributed by atoms with Gasteiger partial charge >= 0.3 is 5.97 Å². The van der Waals surface area contributed by atoms with Crippen molar-refractivity contribution in [1.82, 2.24) is 10.6 Å². The summed E-state index contributed by atoms with van der Waals surface area (Å²) in [6.45, 7) is 7.24. The van der Waals surface area contributed by atoms with Crippen LogP contribution in [0.2, 0.25) is 0 Å². The van der Waals surface area contributed by atoms with Gasteiger partial charge in [-0.3, -0.25) is 9.59 Å². The first kappa shape index (κ1) is 15.5. The molecule has 1 aliphatic rings. The van der Waals surface area contributed by atoms with Gasteiger partial charge in [-0.1, -0.05) is 0 Å².